The van der Waals surface area contributed by atoms with E-state index in [-0.39, 0.29) is 6.04 Å². The van der Waals surface area contributed by atoms with Crippen LogP contribution in [-0.4, -0.2) is 40.8 Å². The van der Waals surface area contributed by atoms with Gasteiger partial charge in [0.25, 0.3) is 0 Å². The van der Waals surface area contributed by atoms with Crippen LogP contribution in [0.25, 0.3) is 10.9 Å². The van der Waals surface area contributed by atoms with Gasteiger partial charge in [-0.05, 0) is 79.1 Å². The van der Waals surface area contributed by atoms with Gasteiger partial charge < -0.3 is 24.3 Å². The number of benzene rings is 3. The maximum atomic E-state index is 13.5. The molecule has 5 aromatic rings. The van der Waals surface area contributed by atoms with Gasteiger partial charge in [0.1, 0.15) is 24.1 Å². The van der Waals surface area contributed by atoms with Crippen molar-refractivity contribution >= 4 is 46.1 Å². The van der Waals surface area contributed by atoms with E-state index in [1.807, 2.05) is 55.5 Å². The number of fused-ring (bicyclic) bond motifs is 3. The molecule has 2 N–H and O–H groups in total. The fourth-order valence-corrected chi connectivity index (χ4v) is 5.30. The van der Waals surface area contributed by atoms with Crippen LogP contribution in [0.4, 0.5) is 10.7 Å². The highest BCUT2D eigenvalue weighted by atomic mass is 35.5. The molecular formula is C30H26Cl2N4O4. The predicted octanol–water partition coefficient (Wildman–Crippen LogP) is 7.41. The Morgan fingerprint density at radius 1 is 1.05 bits per heavy atom. The lowest BCUT2D eigenvalue weighted by Crippen LogP contribution is -2.42. The van der Waals surface area contributed by atoms with Gasteiger partial charge in [-0.25, -0.2) is 4.79 Å². The summed E-state index contributed by atoms with van der Waals surface area (Å²) in [6.07, 6.45) is 0.226. The van der Waals surface area contributed by atoms with E-state index in [1.54, 1.807) is 29.2 Å². The molecule has 1 aliphatic heterocycles. The monoisotopic (exact) mass is 576 g/mol. The zero-order valence-electron chi connectivity index (χ0n) is 21.6. The minimum atomic E-state index is -0.441. The number of ether oxygens (including phenoxy) is 2. The first-order chi connectivity index (χ1) is 19.4. The molecule has 1 atom stereocenters. The number of amides is 1. The molecule has 40 heavy (non-hydrogen) atoms. The number of hydrogen-bond donors (Lipinski definition) is 2. The molecule has 3 heterocycles. The van der Waals surface area contributed by atoms with E-state index in [4.69, 9.17) is 37.2 Å². The number of carbonyl (C=O) groups excluding carboxylic acids is 1. The lowest BCUT2D eigenvalue weighted by molar-refractivity contribution is 0.135. The average molecular weight is 577 g/mol. The Bertz CT molecular complexity index is 1650. The average Bonchev–Trinajstić information content (AvgIpc) is 3.54. The third-order valence-electron chi connectivity index (χ3n) is 6.84. The molecule has 6 rings (SSSR count). The number of anilines is 1. The van der Waals surface area contributed by atoms with Crippen LogP contribution in [0.15, 0.2) is 77.3 Å². The number of aromatic nitrogens is 2. The van der Waals surface area contributed by atoms with E-state index in [1.165, 1.54) is 0 Å². The molecule has 0 saturated carbocycles. The second kappa shape index (κ2) is 11.2. The van der Waals surface area contributed by atoms with Crippen LogP contribution >= 0.6 is 23.2 Å². The molecule has 0 radical (unpaired) electrons. The molecule has 0 aliphatic carbocycles. The minimum Gasteiger partial charge on any atom is -0.492 e. The summed E-state index contributed by atoms with van der Waals surface area (Å²) in [6, 6.07) is 21.7. The number of H-pyrrole nitrogens is 1. The van der Waals surface area contributed by atoms with Crippen molar-refractivity contribution in [3.05, 3.63) is 105 Å². The van der Waals surface area contributed by atoms with Crippen molar-refractivity contribution in [2.75, 3.05) is 25.0 Å². The van der Waals surface area contributed by atoms with Gasteiger partial charge in [-0.15, -0.1) is 0 Å². The molecule has 0 fully saturated rings. The molecule has 1 unspecified atom stereocenters. The van der Waals surface area contributed by atoms with Crippen molar-refractivity contribution in [1.82, 2.24) is 15.0 Å². The Morgan fingerprint density at radius 3 is 2.55 bits per heavy atom. The summed E-state index contributed by atoms with van der Waals surface area (Å²) in [4.78, 5) is 18.8. The number of nitrogens with zero attached hydrogens (tertiary/aromatic N) is 2. The summed E-state index contributed by atoms with van der Waals surface area (Å²) in [7, 11) is 0. The highest BCUT2D eigenvalue weighted by Crippen LogP contribution is 2.40. The molecular weight excluding hydrogens is 551 g/mol. The Balaban J connectivity index is 1.24. The van der Waals surface area contributed by atoms with E-state index >= 15 is 0 Å². The molecule has 1 amide bonds. The minimum absolute atomic E-state index is 0.389. The second-order valence-electron chi connectivity index (χ2n) is 9.55. The third-order valence-corrected chi connectivity index (χ3v) is 7.32. The largest absolute Gasteiger partial charge is 0.492 e. The number of aryl methyl sites for hydroxylation is 1. The molecule has 3 aromatic carbocycles. The maximum Gasteiger partial charge on any atom is 0.416 e. The van der Waals surface area contributed by atoms with Gasteiger partial charge >= 0.3 is 6.09 Å². The molecule has 0 saturated heterocycles. The fraction of sp³-hybridized carbons (Fsp3) is 0.200. The molecule has 0 bridgehead atoms. The van der Waals surface area contributed by atoms with Crippen LogP contribution in [-0.2, 0) is 6.42 Å². The van der Waals surface area contributed by atoms with Crippen molar-refractivity contribution in [2.45, 2.75) is 19.4 Å². The number of carbonyl (C=O) groups is 1. The number of nitrogens with one attached hydrogen (secondary N) is 2. The summed E-state index contributed by atoms with van der Waals surface area (Å²) in [6.45, 7) is 3.35. The van der Waals surface area contributed by atoms with Gasteiger partial charge in [-0.2, -0.15) is 0 Å². The van der Waals surface area contributed by atoms with E-state index in [2.05, 4.69) is 15.5 Å². The highest BCUT2D eigenvalue weighted by Gasteiger charge is 2.35. The standard InChI is InChI=1S/C30H26Cl2N4O4/c1-18-16-27(40-35-18)33-13-15-38-22-7-2-19(3-8-22)29-28-24(25-17-21(32)6-11-26(25)34-28)12-14-36(29)30(37)39-23-9-4-20(31)5-10-23/h2-11,16-17,29,33-34H,12-15H2,1H3. The maximum absolute atomic E-state index is 13.5. The van der Waals surface area contributed by atoms with Crippen LogP contribution in [0, 0.1) is 6.92 Å². The van der Waals surface area contributed by atoms with E-state index < -0.39 is 6.09 Å². The van der Waals surface area contributed by atoms with Gasteiger partial charge in [-0.1, -0.05) is 40.5 Å². The van der Waals surface area contributed by atoms with Gasteiger partial charge in [0.2, 0.25) is 5.88 Å². The van der Waals surface area contributed by atoms with Crippen LogP contribution in [0.1, 0.15) is 28.6 Å². The summed E-state index contributed by atoms with van der Waals surface area (Å²) in [5.74, 6) is 1.75. The van der Waals surface area contributed by atoms with Crippen LogP contribution in [0.5, 0.6) is 11.5 Å². The van der Waals surface area contributed by atoms with E-state index in [9.17, 15) is 4.79 Å². The Labute approximate surface area is 240 Å². The SMILES string of the molecule is Cc1cc(NCCOc2ccc(C3c4[nH]c5ccc(Cl)cc5c4CCN3C(=O)Oc3ccc(Cl)cc3)cc2)on1. The summed E-state index contributed by atoms with van der Waals surface area (Å²) in [5, 5.41) is 9.30. The van der Waals surface area contributed by atoms with Crippen molar-refractivity contribution < 1.29 is 18.8 Å². The van der Waals surface area contributed by atoms with Crippen molar-refractivity contribution in [3.63, 3.8) is 0 Å². The number of halogens is 2. The van der Waals surface area contributed by atoms with Gasteiger partial charge in [0.05, 0.1) is 12.2 Å². The Kier molecular flexibility index (Phi) is 7.28. The first-order valence-corrected chi connectivity index (χ1v) is 13.6. The smallest absolute Gasteiger partial charge is 0.416 e. The van der Waals surface area contributed by atoms with Crippen molar-refractivity contribution in [2.24, 2.45) is 0 Å². The summed E-state index contributed by atoms with van der Waals surface area (Å²) in [5.41, 5.74) is 4.80. The molecule has 1 aliphatic rings. The molecule has 204 valence electrons. The van der Waals surface area contributed by atoms with Gasteiger partial charge in [0, 0.05) is 39.3 Å². The van der Waals surface area contributed by atoms with Crippen LogP contribution < -0.4 is 14.8 Å². The lowest BCUT2D eigenvalue weighted by atomic mass is 9.92. The van der Waals surface area contributed by atoms with Crippen LogP contribution in [0.3, 0.4) is 0 Å². The number of rotatable bonds is 7. The number of hydrogen-bond acceptors (Lipinski definition) is 6. The van der Waals surface area contributed by atoms with Crippen LogP contribution in [0.2, 0.25) is 10.0 Å². The predicted molar refractivity (Wildman–Crippen MR) is 155 cm³/mol. The number of aromatic amines is 1. The Morgan fingerprint density at radius 2 is 1.80 bits per heavy atom. The zero-order valence-corrected chi connectivity index (χ0v) is 23.1. The van der Waals surface area contributed by atoms with Crippen molar-refractivity contribution in [3.8, 4) is 11.5 Å². The quantitative estimate of drug-likeness (QED) is 0.196. The normalized spacial score (nSPS) is 14.7. The second-order valence-corrected chi connectivity index (χ2v) is 10.4. The molecule has 2 aromatic heterocycles. The highest BCUT2D eigenvalue weighted by molar-refractivity contribution is 6.31. The molecule has 10 heteroatoms. The van der Waals surface area contributed by atoms with E-state index in [0.717, 1.165) is 33.4 Å². The Hall–Kier alpha value is -4.14. The molecule has 8 nitrogen and oxygen atoms in total. The first-order valence-electron chi connectivity index (χ1n) is 12.9. The summed E-state index contributed by atoms with van der Waals surface area (Å²) >= 11 is 12.3. The van der Waals surface area contributed by atoms with Gasteiger partial charge in [0.15, 0.2) is 0 Å². The van der Waals surface area contributed by atoms with Gasteiger partial charge in [-0.3, -0.25) is 4.90 Å². The lowest BCUT2D eigenvalue weighted by Gasteiger charge is -2.35. The topological polar surface area (TPSA) is 92.6 Å². The zero-order chi connectivity index (χ0) is 27.6. The summed E-state index contributed by atoms with van der Waals surface area (Å²) < 4.78 is 16.8. The molecule has 0 spiro atoms. The third kappa shape index (κ3) is 5.46. The van der Waals surface area contributed by atoms with E-state index in [0.29, 0.717) is 53.5 Å². The fourth-order valence-electron chi connectivity index (χ4n) is 5.00. The van der Waals surface area contributed by atoms with Crippen molar-refractivity contribution in [1.29, 1.82) is 0 Å². The first kappa shape index (κ1) is 26.1.